The van der Waals surface area contributed by atoms with Crippen molar-refractivity contribution in [2.45, 2.75) is 12.8 Å². The highest BCUT2D eigenvalue weighted by Crippen LogP contribution is 2.25. The highest BCUT2D eigenvalue weighted by molar-refractivity contribution is 5.98. The summed E-state index contributed by atoms with van der Waals surface area (Å²) in [5, 5.41) is 2.85. The first kappa shape index (κ1) is 13.9. The number of carbonyl (C=O) groups excluding carboxylic acids is 1. The number of hydrogen-bond acceptors (Lipinski definition) is 4. The molecule has 6 heteroatoms. The number of H-pyrrole nitrogens is 1. The molecule has 6 nitrogen and oxygen atoms in total. The maximum atomic E-state index is 12.1. The van der Waals surface area contributed by atoms with Gasteiger partial charge in [0, 0.05) is 25.4 Å². The van der Waals surface area contributed by atoms with E-state index in [0.29, 0.717) is 23.5 Å². The topological polar surface area (TPSA) is 93.0 Å². The highest BCUT2D eigenvalue weighted by Gasteiger charge is 2.13. The summed E-state index contributed by atoms with van der Waals surface area (Å²) in [7, 11) is 1.50. The number of nitrogen functional groups attached to an aromatic ring is 1. The maximum absolute atomic E-state index is 12.1. The molecule has 0 spiro atoms. The Morgan fingerprint density at radius 3 is 3.05 bits per heavy atom. The first-order valence-corrected chi connectivity index (χ1v) is 6.41. The van der Waals surface area contributed by atoms with E-state index in [2.05, 4.69) is 15.3 Å². The number of imidazole rings is 1. The highest BCUT2D eigenvalue weighted by atomic mass is 16.5. The second-order valence-corrected chi connectivity index (χ2v) is 4.32. The van der Waals surface area contributed by atoms with E-state index in [0.717, 1.165) is 18.7 Å². The fraction of sp³-hybridized carbons (Fsp3) is 0.286. The van der Waals surface area contributed by atoms with E-state index in [9.17, 15) is 4.79 Å². The lowest BCUT2D eigenvalue weighted by molar-refractivity contribution is 0.0950. The average Bonchev–Trinajstić information content (AvgIpc) is 2.96. The number of amides is 1. The third-order valence-electron chi connectivity index (χ3n) is 2.93. The molecule has 0 fully saturated rings. The number of ether oxygens (including phenoxy) is 1. The van der Waals surface area contributed by atoms with Crippen molar-refractivity contribution in [2.24, 2.45) is 0 Å². The van der Waals surface area contributed by atoms with Crippen LogP contribution < -0.4 is 15.8 Å². The molecule has 1 heterocycles. The van der Waals surface area contributed by atoms with Crippen molar-refractivity contribution in [3.8, 4) is 5.75 Å². The molecule has 0 radical (unpaired) electrons. The average molecular weight is 274 g/mol. The van der Waals surface area contributed by atoms with Gasteiger partial charge in [0.15, 0.2) is 5.75 Å². The number of nitrogens with one attached hydrogen (secondary N) is 2. The van der Waals surface area contributed by atoms with Crippen LogP contribution in [0.1, 0.15) is 22.6 Å². The Hall–Kier alpha value is -2.50. The van der Waals surface area contributed by atoms with Crippen LogP contribution in [0.25, 0.3) is 0 Å². The number of para-hydroxylation sites is 1. The molecule has 0 aliphatic heterocycles. The number of aryl methyl sites for hydroxylation is 1. The zero-order valence-electron chi connectivity index (χ0n) is 11.3. The molecule has 0 saturated heterocycles. The van der Waals surface area contributed by atoms with Crippen LogP contribution in [-0.2, 0) is 6.42 Å². The molecule has 4 N–H and O–H groups in total. The van der Waals surface area contributed by atoms with Gasteiger partial charge >= 0.3 is 0 Å². The van der Waals surface area contributed by atoms with Gasteiger partial charge in [0.05, 0.1) is 18.4 Å². The van der Waals surface area contributed by atoms with Gasteiger partial charge in [0.2, 0.25) is 0 Å². The molecule has 2 rings (SSSR count). The number of hydrogen-bond donors (Lipinski definition) is 3. The number of methoxy groups -OCH3 is 1. The van der Waals surface area contributed by atoms with E-state index in [4.69, 9.17) is 10.5 Å². The SMILES string of the molecule is COc1c(N)cccc1C(=O)NCCCc1ncc[nH]1. The van der Waals surface area contributed by atoms with Gasteiger partial charge in [-0.2, -0.15) is 0 Å². The Bertz CT molecular complexity index is 567. The Balaban J connectivity index is 1.87. The zero-order chi connectivity index (χ0) is 14.4. The summed E-state index contributed by atoms with van der Waals surface area (Å²) in [4.78, 5) is 19.2. The van der Waals surface area contributed by atoms with E-state index < -0.39 is 0 Å². The van der Waals surface area contributed by atoms with Gasteiger partial charge in [-0.15, -0.1) is 0 Å². The summed E-state index contributed by atoms with van der Waals surface area (Å²) < 4.78 is 5.16. The van der Waals surface area contributed by atoms with Gasteiger partial charge in [-0.3, -0.25) is 4.79 Å². The Morgan fingerprint density at radius 1 is 1.50 bits per heavy atom. The predicted molar refractivity (Wildman–Crippen MR) is 76.6 cm³/mol. The lowest BCUT2D eigenvalue weighted by Crippen LogP contribution is -2.25. The van der Waals surface area contributed by atoms with Crippen LogP contribution in [-0.4, -0.2) is 29.5 Å². The quantitative estimate of drug-likeness (QED) is 0.548. The predicted octanol–water partition coefficient (Wildman–Crippen LogP) is 1.36. The smallest absolute Gasteiger partial charge is 0.255 e. The van der Waals surface area contributed by atoms with Crippen molar-refractivity contribution >= 4 is 11.6 Å². The number of aromatic nitrogens is 2. The summed E-state index contributed by atoms with van der Waals surface area (Å²) in [6.07, 6.45) is 5.10. The molecule has 2 aromatic rings. The largest absolute Gasteiger partial charge is 0.494 e. The van der Waals surface area contributed by atoms with Crippen LogP contribution in [0.5, 0.6) is 5.75 Å². The minimum Gasteiger partial charge on any atom is -0.494 e. The summed E-state index contributed by atoms with van der Waals surface area (Å²) in [6, 6.07) is 5.12. The number of benzene rings is 1. The molecule has 1 aromatic heterocycles. The molecule has 0 atom stereocenters. The summed E-state index contributed by atoms with van der Waals surface area (Å²) >= 11 is 0. The number of nitrogens with two attached hydrogens (primary N) is 1. The minimum absolute atomic E-state index is 0.186. The van der Waals surface area contributed by atoms with Crippen LogP contribution in [0.4, 0.5) is 5.69 Å². The zero-order valence-corrected chi connectivity index (χ0v) is 11.3. The summed E-state index contributed by atoms with van der Waals surface area (Å²) in [5.41, 5.74) is 6.68. The normalized spacial score (nSPS) is 10.2. The molecule has 20 heavy (non-hydrogen) atoms. The molecule has 0 aliphatic rings. The number of anilines is 1. The summed E-state index contributed by atoms with van der Waals surface area (Å²) in [6.45, 7) is 0.567. The molecule has 1 aromatic carbocycles. The van der Waals surface area contributed by atoms with Gasteiger partial charge in [-0.25, -0.2) is 4.98 Å². The second-order valence-electron chi connectivity index (χ2n) is 4.32. The molecular formula is C14H18N4O2. The first-order valence-electron chi connectivity index (χ1n) is 6.41. The number of rotatable bonds is 6. The fourth-order valence-electron chi connectivity index (χ4n) is 1.95. The van der Waals surface area contributed by atoms with Crippen molar-refractivity contribution in [1.82, 2.24) is 15.3 Å². The van der Waals surface area contributed by atoms with Crippen molar-refractivity contribution < 1.29 is 9.53 Å². The lowest BCUT2D eigenvalue weighted by Gasteiger charge is -2.11. The van der Waals surface area contributed by atoms with Crippen LogP contribution >= 0.6 is 0 Å². The van der Waals surface area contributed by atoms with Gasteiger partial charge in [0.25, 0.3) is 5.91 Å². The van der Waals surface area contributed by atoms with E-state index in [1.54, 1.807) is 30.6 Å². The maximum Gasteiger partial charge on any atom is 0.255 e. The van der Waals surface area contributed by atoms with Gasteiger partial charge < -0.3 is 20.8 Å². The lowest BCUT2D eigenvalue weighted by atomic mass is 10.1. The third kappa shape index (κ3) is 3.28. The van der Waals surface area contributed by atoms with Crippen LogP contribution in [0.15, 0.2) is 30.6 Å². The Labute approximate surface area is 117 Å². The Morgan fingerprint density at radius 2 is 2.35 bits per heavy atom. The molecular weight excluding hydrogens is 256 g/mol. The number of aromatic amines is 1. The fourth-order valence-corrected chi connectivity index (χ4v) is 1.95. The van der Waals surface area contributed by atoms with Crippen molar-refractivity contribution in [1.29, 1.82) is 0 Å². The molecule has 0 saturated carbocycles. The Kier molecular flexibility index (Phi) is 4.60. The molecule has 0 unspecified atom stereocenters. The van der Waals surface area contributed by atoms with Crippen LogP contribution in [0, 0.1) is 0 Å². The number of carbonyl (C=O) groups is 1. The molecule has 1 amide bonds. The molecule has 0 bridgehead atoms. The van der Waals surface area contributed by atoms with E-state index in [1.165, 1.54) is 7.11 Å². The van der Waals surface area contributed by atoms with E-state index in [-0.39, 0.29) is 5.91 Å². The molecule has 106 valence electrons. The van der Waals surface area contributed by atoms with Crippen LogP contribution in [0.2, 0.25) is 0 Å². The van der Waals surface area contributed by atoms with Crippen molar-refractivity contribution in [3.05, 3.63) is 42.0 Å². The second kappa shape index (κ2) is 6.60. The number of nitrogens with zero attached hydrogens (tertiary/aromatic N) is 1. The van der Waals surface area contributed by atoms with Gasteiger partial charge in [0.1, 0.15) is 5.82 Å². The van der Waals surface area contributed by atoms with Gasteiger partial charge in [-0.05, 0) is 18.6 Å². The third-order valence-corrected chi connectivity index (χ3v) is 2.93. The standard InChI is InChI=1S/C14H18N4O2/c1-20-13-10(4-2-5-11(13)15)14(19)18-7-3-6-12-16-8-9-17-12/h2,4-5,8-9H,3,6-7,15H2,1H3,(H,16,17)(H,18,19). The summed E-state index contributed by atoms with van der Waals surface area (Å²) in [5.74, 6) is 1.14. The molecule has 0 aliphatic carbocycles. The first-order chi connectivity index (χ1) is 9.72. The van der Waals surface area contributed by atoms with Crippen molar-refractivity contribution in [3.63, 3.8) is 0 Å². The van der Waals surface area contributed by atoms with E-state index >= 15 is 0 Å². The van der Waals surface area contributed by atoms with Crippen molar-refractivity contribution in [2.75, 3.05) is 19.4 Å². The van der Waals surface area contributed by atoms with Crippen LogP contribution in [0.3, 0.4) is 0 Å². The van der Waals surface area contributed by atoms with Gasteiger partial charge in [-0.1, -0.05) is 6.07 Å². The minimum atomic E-state index is -0.186. The monoisotopic (exact) mass is 274 g/mol. The van der Waals surface area contributed by atoms with E-state index in [1.807, 2.05) is 0 Å².